The maximum absolute atomic E-state index is 12.8. The summed E-state index contributed by atoms with van der Waals surface area (Å²) < 4.78 is 38.4. The standard InChI is InChI=1S/C20H17ClF3N5OS/c21-15-9-13(20(22,23)24)11-26-18(15)29-7-5-28(6-8-29)17(30)10-14-12-31-19(27-14)16-3-1-2-4-25-16/h1-4,9,11-12H,5-8,10H2. The second-order valence-corrected chi connectivity index (χ2v) is 8.20. The van der Waals surface area contributed by atoms with Crippen LogP contribution >= 0.6 is 22.9 Å². The van der Waals surface area contributed by atoms with Crippen molar-refractivity contribution in [3.8, 4) is 10.7 Å². The molecule has 3 aromatic rings. The van der Waals surface area contributed by atoms with Crippen molar-refractivity contribution in [2.75, 3.05) is 31.1 Å². The van der Waals surface area contributed by atoms with Gasteiger partial charge in [0.15, 0.2) is 0 Å². The van der Waals surface area contributed by atoms with Crippen molar-refractivity contribution in [2.24, 2.45) is 0 Å². The van der Waals surface area contributed by atoms with Crippen LogP contribution in [0.1, 0.15) is 11.3 Å². The zero-order chi connectivity index (χ0) is 22.0. The zero-order valence-electron chi connectivity index (χ0n) is 16.1. The summed E-state index contributed by atoms with van der Waals surface area (Å²) in [6, 6.07) is 6.45. The van der Waals surface area contributed by atoms with E-state index in [-0.39, 0.29) is 17.4 Å². The van der Waals surface area contributed by atoms with Crippen LogP contribution in [0.15, 0.2) is 42.0 Å². The van der Waals surface area contributed by atoms with E-state index in [2.05, 4.69) is 15.0 Å². The van der Waals surface area contributed by atoms with Gasteiger partial charge in [-0.25, -0.2) is 9.97 Å². The van der Waals surface area contributed by atoms with Gasteiger partial charge in [0, 0.05) is 44.0 Å². The highest BCUT2D eigenvalue weighted by atomic mass is 35.5. The van der Waals surface area contributed by atoms with Crippen LogP contribution in [-0.4, -0.2) is 51.9 Å². The quantitative estimate of drug-likeness (QED) is 0.576. The highest BCUT2D eigenvalue weighted by Crippen LogP contribution is 2.33. The second kappa shape index (κ2) is 8.80. The molecular formula is C20H17ClF3N5OS. The van der Waals surface area contributed by atoms with Gasteiger partial charge >= 0.3 is 6.18 Å². The summed E-state index contributed by atoms with van der Waals surface area (Å²) in [6.07, 6.45) is -1.84. The van der Waals surface area contributed by atoms with Crippen molar-refractivity contribution in [1.29, 1.82) is 0 Å². The molecule has 3 aromatic heterocycles. The van der Waals surface area contributed by atoms with Crippen molar-refractivity contribution >= 4 is 34.7 Å². The van der Waals surface area contributed by atoms with E-state index < -0.39 is 11.7 Å². The van der Waals surface area contributed by atoms with Crippen LogP contribution in [0.4, 0.5) is 19.0 Å². The Labute approximate surface area is 185 Å². The van der Waals surface area contributed by atoms with Crippen LogP contribution in [0, 0.1) is 0 Å². The van der Waals surface area contributed by atoms with Crippen LogP contribution in [0.5, 0.6) is 0 Å². The lowest BCUT2D eigenvalue weighted by Crippen LogP contribution is -2.49. The molecule has 0 saturated carbocycles. The van der Waals surface area contributed by atoms with Crippen LogP contribution in [-0.2, 0) is 17.4 Å². The Morgan fingerprint density at radius 3 is 2.58 bits per heavy atom. The number of pyridine rings is 2. The molecule has 4 heterocycles. The summed E-state index contributed by atoms with van der Waals surface area (Å²) >= 11 is 7.47. The number of carbonyl (C=O) groups excluding carboxylic acids is 1. The zero-order valence-corrected chi connectivity index (χ0v) is 17.7. The Bertz CT molecular complexity index is 1070. The molecule has 0 atom stereocenters. The first kappa shape index (κ1) is 21.5. The van der Waals surface area contributed by atoms with Crippen LogP contribution in [0.25, 0.3) is 10.7 Å². The lowest BCUT2D eigenvalue weighted by molar-refractivity contribution is -0.137. The van der Waals surface area contributed by atoms with Crippen molar-refractivity contribution in [1.82, 2.24) is 19.9 Å². The molecule has 0 aliphatic carbocycles. The molecule has 0 bridgehead atoms. The third kappa shape index (κ3) is 4.96. The molecule has 0 spiro atoms. The second-order valence-electron chi connectivity index (χ2n) is 6.93. The van der Waals surface area contributed by atoms with Gasteiger partial charge in [0.1, 0.15) is 10.8 Å². The molecular weight excluding hydrogens is 451 g/mol. The molecule has 1 fully saturated rings. The monoisotopic (exact) mass is 467 g/mol. The van der Waals surface area contributed by atoms with E-state index in [9.17, 15) is 18.0 Å². The average Bonchev–Trinajstić information content (AvgIpc) is 3.22. The van der Waals surface area contributed by atoms with Crippen molar-refractivity contribution < 1.29 is 18.0 Å². The maximum atomic E-state index is 12.8. The Morgan fingerprint density at radius 1 is 1.16 bits per heavy atom. The minimum Gasteiger partial charge on any atom is -0.352 e. The number of thiazole rings is 1. The lowest BCUT2D eigenvalue weighted by atomic mass is 10.2. The van der Waals surface area contributed by atoms with Crippen LogP contribution < -0.4 is 4.90 Å². The number of hydrogen-bond donors (Lipinski definition) is 0. The molecule has 1 aliphatic rings. The Morgan fingerprint density at radius 2 is 1.94 bits per heavy atom. The van der Waals surface area contributed by atoms with E-state index in [1.807, 2.05) is 23.6 Å². The fourth-order valence-electron chi connectivity index (χ4n) is 3.25. The fourth-order valence-corrected chi connectivity index (χ4v) is 4.33. The van der Waals surface area contributed by atoms with Gasteiger partial charge in [-0.1, -0.05) is 17.7 Å². The average molecular weight is 468 g/mol. The van der Waals surface area contributed by atoms with Crippen LogP contribution in [0.2, 0.25) is 5.02 Å². The molecule has 1 saturated heterocycles. The molecule has 0 aromatic carbocycles. The molecule has 0 N–H and O–H groups in total. The number of piperazine rings is 1. The van der Waals surface area contributed by atoms with Crippen molar-refractivity contribution in [2.45, 2.75) is 12.6 Å². The molecule has 0 unspecified atom stereocenters. The Kier molecular flexibility index (Phi) is 6.10. The number of alkyl halides is 3. The molecule has 1 amide bonds. The summed E-state index contributed by atoms with van der Waals surface area (Å²) in [4.78, 5) is 28.8. The maximum Gasteiger partial charge on any atom is 0.417 e. The van der Waals surface area contributed by atoms with Gasteiger partial charge in [0.05, 0.1) is 28.4 Å². The van der Waals surface area contributed by atoms with E-state index in [0.29, 0.717) is 37.7 Å². The third-order valence-electron chi connectivity index (χ3n) is 4.85. The summed E-state index contributed by atoms with van der Waals surface area (Å²) in [5.74, 6) is 0.241. The summed E-state index contributed by atoms with van der Waals surface area (Å²) in [5, 5.41) is 2.56. The number of halogens is 4. The van der Waals surface area contributed by atoms with Gasteiger partial charge in [-0.2, -0.15) is 13.2 Å². The minimum absolute atomic E-state index is 0.0519. The third-order valence-corrected chi connectivity index (χ3v) is 6.04. The summed E-state index contributed by atoms with van der Waals surface area (Å²) in [5.41, 5.74) is 0.565. The number of rotatable bonds is 4. The van der Waals surface area contributed by atoms with Gasteiger partial charge in [-0.3, -0.25) is 9.78 Å². The number of amides is 1. The molecule has 6 nitrogen and oxygen atoms in total. The van der Waals surface area contributed by atoms with Gasteiger partial charge in [0.25, 0.3) is 0 Å². The molecule has 31 heavy (non-hydrogen) atoms. The van der Waals surface area contributed by atoms with Gasteiger partial charge in [-0.05, 0) is 18.2 Å². The van der Waals surface area contributed by atoms with Crippen molar-refractivity contribution in [3.05, 3.63) is 58.3 Å². The van der Waals surface area contributed by atoms with Gasteiger partial charge in [-0.15, -0.1) is 11.3 Å². The molecule has 162 valence electrons. The predicted octanol–water partition coefficient (Wildman–Crippen LogP) is 4.16. The minimum atomic E-state index is -4.49. The molecule has 4 rings (SSSR count). The van der Waals surface area contributed by atoms with E-state index in [1.54, 1.807) is 16.0 Å². The van der Waals surface area contributed by atoms with Crippen molar-refractivity contribution in [3.63, 3.8) is 0 Å². The first-order valence-corrected chi connectivity index (χ1v) is 10.7. The van der Waals surface area contributed by atoms with Crippen LogP contribution in [0.3, 0.4) is 0 Å². The molecule has 1 aliphatic heterocycles. The predicted molar refractivity (Wildman–Crippen MR) is 112 cm³/mol. The van der Waals surface area contributed by atoms with Gasteiger partial charge < -0.3 is 9.80 Å². The SMILES string of the molecule is O=C(Cc1csc(-c2ccccn2)n1)N1CCN(c2ncc(C(F)(F)F)cc2Cl)CC1. The van der Waals surface area contributed by atoms with E-state index >= 15 is 0 Å². The van der Waals surface area contributed by atoms with Gasteiger partial charge in [0.2, 0.25) is 5.91 Å². The highest BCUT2D eigenvalue weighted by Gasteiger charge is 2.32. The lowest BCUT2D eigenvalue weighted by Gasteiger charge is -2.35. The number of aromatic nitrogens is 3. The number of hydrogen-bond acceptors (Lipinski definition) is 6. The Hall–Kier alpha value is -2.72. The largest absolute Gasteiger partial charge is 0.417 e. The highest BCUT2D eigenvalue weighted by molar-refractivity contribution is 7.13. The number of nitrogens with zero attached hydrogens (tertiary/aromatic N) is 5. The van der Waals surface area contributed by atoms with E-state index in [0.717, 1.165) is 23.0 Å². The summed E-state index contributed by atoms with van der Waals surface area (Å²) in [6.45, 7) is 1.71. The summed E-state index contributed by atoms with van der Waals surface area (Å²) in [7, 11) is 0. The van der Waals surface area contributed by atoms with E-state index in [1.165, 1.54) is 11.3 Å². The normalized spacial score (nSPS) is 14.7. The molecule has 0 radical (unpaired) electrons. The topological polar surface area (TPSA) is 62.2 Å². The fraction of sp³-hybridized carbons (Fsp3) is 0.300. The number of anilines is 1. The smallest absolute Gasteiger partial charge is 0.352 e. The van der Waals surface area contributed by atoms with E-state index in [4.69, 9.17) is 11.6 Å². The first-order valence-electron chi connectivity index (χ1n) is 9.42. The Balaban J connectivity index is 1.35. The molecule has 11 heteroatoms. The number of carbonyl (C=O) groups is 1. The first-order chi connectivity index (χ1) is 14.8.